The highest BCUT2D eigenvalue weighted by molar-refractivity contribution is 5.86. The van der Waals surface area contributed by atoms with Gasteiger partial charge in [0.1, 0.15) is 0 Å². The van der Waals surface area contributed by atoms with Crippen molar-refractivity contribution in [2.75, 3.05) is 26.7 Å². The summed E-state index contributed by atoms with van der Waals surface area (Å²) in [6.45, 7) is 2.64. The Hall–Kier alpha value is -1.29. The van der Waals surface area contributed by atoms with Crippen molar-refractivity contribution < 1.29 is 13.9 Å². The summed E-state index contributed by atoms with van der Waals surface area (Å²) < 4.78 is 10.2. The Kier molecular flexibility index (Phi) is 3.62. The summed E-state index contributed by atoms with van der Waals surface area (Å²) in [6, 6.07) is 3.31. The van der Waals surface area contributed by atoms with Gasteiger partial charge in [-0.05, 0) is 38.6 Å². The smallest absolute Gasteiger partial charge is 0.374 e. The number of furan rings is 1. The molecule has 2 heterocycles. The number of ether oxygens (including phenoxy) is 1. The van der Waals surface area contributed by atoms with Gasteiger partial charge in [0.2, 0.25) is 5.76 Å². The van der Waals surface area contributed by atoms with Crippen molar-refractivity contribution >= 4 is 5.97 Å². The second kappa shape index (κ2) is 5.16. The van der Waals surface area contributed by atoms with Crippen LogP contribution in [0.2, 0.25) is 0 Å². The molecule has 0 N–H and O–H groups in total. The van der Waals surface area contributed by atoms with Gasteiger partial charge in [0.05, 0.1) is 12.9 Å². The largest absolute Gasteiger partial charge is 0.459 e. The van der Waals surface area contributed by atoms with Crippen molar-refractivity contribution in [3.8, 4) is 0 Å². The van der Waals surface area contributed by atoms with Crippen molar-refractivity contribution in [3.63, 3.8) is 0 Å². The summed E-state index contributed by atoms with van der Waals surface area (Å²) >= 11 is 0. The molecule has 0 saturated carbocycles. The van der Waals surface area contributed by atoms with Gasteiger partial charge in [-0.3, -0.25) is 0 Å². The van der Waals surface area contributed by atoms with Crippen molar-refractivity contribution in [3.05, 3.63) is 24.2 Å². The molecule has 0 spiro atoms. The number of piperidine rings is 1. The lowest BCUT2D eigenvalue weighted by molar-refractivity contribution is 0.0338. The Bertz CT molecular complexity index is 334. The van der Waals surface area contributed by atoms with Crippen LogP contribution >= 0.6 is 0 Å². The van der Waals surface area contributed by atoms with Crippen LogP contribution < -0.4 is 0 Å². The zero-order chi connectivity index (χ0) is 11.4. The van der Waals surface area contributed by atoms with E-state index < -0.39 is 0 Å². The van der Waals surface area contributed by atoms with Gasteiger partial charge in [-0.2, -0.15) is 0 Å². The first-order valence-electron chi connectivity index (χ1n) is 5.65. The lowest BCUT2D eigenvalue weighted by Gasteiger charge is -2.29. The molecule has 4 heteroatoms. The molecule has 16 heavy (non-hydrogen) atoms. The van der Waals surface area contributed by atoms with Gasteiger partial charge < -0.3 is 14.1 Å². The Morgan fingerprint density at radius 3 is 3.25 bits per heavy atom. The van der Waals surface area contributed by atoms with Crippen LogP contribution in [0.1, 0.15) is 23.4 Å². The van der Waals surface area contributed by atoms with Gasteiger partial charge in [-0.15, -0.1) is 0 Å². The Morgan fingerprint density at radius 2 is 2.56 bits per heavy atom. The molecule has 1 fully saturated rings. The molecule has 4 nitrogen and oxygen atoms in total. The molecule has 1 aromatic heterocycles. The molecule has 88 valence electrons. The monoisotopic (exact) mass is 223 g/mol. The van der Waals surface area contributed by atoms with Crippen molar-refractivity contribution in [1.82, 2.24) is 4.90 Å². The molecule has 0 aliphatic carbocycles. The minimum absolute atomic E-state index is 0.282. The van der Waals surface area contributed by atoms with Gasteiger partial charge in [-0.1, -0.05) is 0 Å². The zero-order valence-corrected chi connectivity index (χ0v) is 9.52. The van der Waals surface area contributed by atoms with Crippen LogP contribution in [-0.2, 0) is 4.74 Å². The van der Waals surface area contributed by atoms with Crippen LogP contribution in [0.5, 0.6) is 0 Å². The lowest BCUT2D eigenvalue weighted by Crippen LogP contribution is -2.34. The Morgan fingerprint density at radius 1 is 1.69 bits per heavy atom. The highest BCUT2D eigenvalue weighted by atomic mass is 16.5. The molecule has 1 aliphatic heterocycles. The number of likely N-dealkylation sites (tertiary alicyclic amines) is 1. The normalized spacial score (nSPS) is 21.9. The van der Waals surface area contributed by atoms with E-state index in [9.17, 15) is 4.79 Å². The summed E-state index contributed by atoms with van der Waals surface area (Å²) in [5.74, 6) is 0.375. The van der Waals surface area contributed by atoms with E-state index >= 15 is 0 Å². The number of hydrogen-bond donors (Lipinski definition) is 0. The first-order valence-corrected chi connectivity index (χ1v) is 5.65. The maximum absolute atomic E-state index is 11.5. The Labute approximate surface area is 95.2 Å². The fourth-order valence-electron chi connectivity index (χ4n) is 2.07. The molecular weight excluding hydrogens is 206 g/mol. The van der Waals surface area contributed by atoms with Crippen LogP contribution in [0.4, 0.5) is 0 Å². The number of carbonyl (C=O) groups excluding carboxylic acids is 1. The third-order valence-corrected chi connectivity index (χ3v) is 2.89. The van der Waals surface area contributed by atoms with E-state index in [-0.39, 0.29) is 11.7 Å². The van der Waals surface area contributed by atoms with E-state index in [2.05, 4.69) is 11.9 Å². The van der Waals surface area contributed by atoms with E-state index in [0.29, 0.717) is 12.5 Å². The van der Waals surface area contributed by atoms with Crippen molar-refractivity contribution in [1.29, 1.82) is 0 Å². The predicted molar refractivity (Wildman–Crippen MR) is 59.2 cm³/mol. The number of carbonyl (C=O) groups is 1. The van der Waals surface area contributed by atoms with Crippen molar-refractivity contribution in [2.45, 2.75) is 12.8 Å². The van der Waals surface area contributed by atoms with E-state index in [1.165, 1.54) is 12.7 Å². The molecule has 1 atom stereocenters. The fourth-order valence-corrected chi connectivity index (χ4v) is 2.07. The quantitative estimate of drug-likeness (QED) is 0.732. The minimum atomic E-state index is -0.363. The van der Waals surface area contributed by atoms with Gasteiger partial charge in [0, 0.05) is 12.5 Å². The highest BCUT2D eigenvalue weighted by Gasteiger charge is 2.19. The first kappa shape index (κ1) is 11.2. The first-order chi connectivity index (χ1) is 7.75. The summed E-state index contributed by atoms with van der Waals surface area (Å²) in [5, 5.41) is 0. The highest BCUT2D eigenvalue weighted by Crippen LogP contribution is 2.15. The molecule has 0 aromatic carbocycles. The molecule has 0 amide bonds. The van der Waals surface area contributed by atoms with Gasteiger partial charge in [0.15, 0.2) is 0 Å². The summed E-state index contributed by atoms with van der Waals surface area (Å²) in [6.07, 6.45) is 3.79. The van der Waals surface area contributed by atoms with Crippen molar-refractivity contribution in [2.24, 2.45) is 5.92 Å². The lowest BCUT2D eigenvalue weighted by atomic mass is 10.00. The molecule has 0 radical (unpaired) electrons. The van der Waals surface area contributed by atoms with Crippen LogP contribution in [0.25, 0.3) is 0 Å². The average molecular weight is 223 g/mol. The van der Waals surface area contributed by atoms with Crippen LogP contribution in [0.15, 0.2) is 22.8 Å². The second-order valence-electron chi connectivity index (χ2n) is 4.35. The van der Waals surface area contributed by atoms with E-state index in [4.69, 9.17) is 9.15 Å². The standard InChI is InChI=1S/C12H17NO3/c1-13-6-2-4-10(8-13)9-16-12(14)11-5-3-7-15-11/h3,5,7,10H,2,4,6,8-9H2,1H3. The van der Waals surface area contributed by atoms with Gasteiger partial charge >= 0.3 is 5.97 Å². The molecule has 1 saturated heterocycles. The fraction of sp³-hybridized carbons (Fsp3) is 0.583. The number of hydrogen-bond acceptors (Lipinski definition) is 4. The third kappa shape index (κ3) is 2.85. The maximum atomic E-state index is 11.5. The third-order valence-electron chi connectivity index (χ3n) is 2.89. The summed E-state index contributed by atoms with van der Waals surface area (Å²) in [7, 11) is 2.10. The SMILES string of the molecule is CN1CCCC(COC(=O)c2ccco2)C1. The summed E-state index contributed by atoms with van der Waals surface area (Å²) in [4.78, 5) is 13.8. The van der Waals surface area contributed by atoms with Crippen LogP contribution in [0.3, 0.4) is 0 Å². The number of rotatable bonds is 3. The predicted octanol–water partition coefficient (Wildman–Crippen LogP) is 1.78. The van der Waals surface area contributed by atoms with E-state index in [1.54, 1.807) is 12.1 Å². The molecule has 1 aromatic rings. The topological polar surface area (TPSA) is 42.7 Å². The van der Waals surface area contributed by atoms with Crippen LogP contribution in [0, 0.1) is 5.92 Å². The molecule has 1 aliphatic rings. The zero-order valence-electron chi connectivity index (χ0n) is 9.52. The molecular formula is C12H17NO3. The second-order valence-corrected chi connectivity index (χ2v) is 4.35. The molecule has 0 bridgehead atoms. The van der Waals surface area contributed by atoms with Gasteiger partial charge in [-0.25, -0.2) is 4.79 Å². The average Bonchev–Trinajstić information content (AvgIpc) is 2.79. The van der Waals surface area contributed by atoms with Crippen LogP contribution in [-0.4, -0.2) is 37.6 Å². The van der Waals surface area contributed by atoms with E-state index in [0.717, 1.165) is 19.5 Å². The number of nitrogens with zero attached hydrogens (tertiary/aromatic N) is 1. The summed E-state index contributed by atoms with van der Waals surface area (Å²) in [5.41, 5.74) is 0. The van der Waals surface area contributed by atoms with E-state index in [1.807, 2.05) is 0 Å². The maximum Gasteiger partial charge on any atom is 0.374 e. The molecule has 1 unspecified atom stereocenters. The minimum Gasteiger partial charge on any atom is -0.459 e. The Balaban J connectivity index is 1.77. The number of esters is 1. The van der Waals surface area contributed by atoms with Gasteiger partial charge in [0.25, 0.3) is 0 Å². The molecule has 2 rings (SSSR count).